The number of amides is 2. The van der Waals surface area contributed by atoms with Crippen molar-refractivity contribution in [3.05, 3.63) is 0 Å². The second-order valence-corrected chi connectivity index (χ2v) is 8.24. The van der Waals surface area contributed by atoms with Crippen molar-refractivity contribution in [2.45, 2.75) is 122 Å². The van der Waals surface area contributed by atoms with E-state index in [1.807, 2.05) is 0 Å². The number of likely N-dealkylation sites (tertiary alicyclic amines) is 1. The van der Waals surface area contributed by atoms with Crippen LogP contribution in [0.3, 0.4) is 0 Å². The van der Waals surface area contributed by atoms with E-state index in [2.05, 4.69) is 0 Å². The van der Waals surface area contributed by atoms with Gasteiger partial charge in [0.2, 0.25) is 11.8 Å². The average molecular weight is 381 g/mol. The van der Waals surface area contributed by atoms with Crippen molar-refractivity contribution in [1.82, 2.24) is 4.90 Å². The third kappa shape index (κ3) is 13.0. The summed E-state index contributed by atoms with van der Waals surface area (Å²) >= 11 is 0. The normalized spacial score (nSPS) is 14.5. The smallest absolute Gasteiger partial charge is 0.229 e. The summed E-state index contributed by atoms with van der Waals surface area (Å²) in [6.07, 6.45) is 23.3. The molecule has 1 aliphatic heterocycles. The molecule has 4 nitrogen and oxygen atoms in total. The highest BCUT2D eigenvalue weighted by Gasteiger charge is 2.27. The molecule has 1 aliphatic rings. The van der Waals surface area contributed by atoms with Crippen molar-refractivity contribution in [3.63, 3.8) is 0 Å². The predicted octanol–water partition coefficient (Wildman–Crippen LogP) is 5.73. The van der Waals surface area contributed by atoms with Gasteiger partial charge >= 0.3 is 0 Å². The fraction of sp³-hybridized carbons (Fsp3) is 0.913. The highest BCUT2D eigenvalue weighted by atomic mass is 16.2. The van der Waals surface area contributed by atoms with Crippen LogP contribution in [0.15, 0.2) is 0 Å². The summed E-state index contributed by atoms with van der Waals surface area (Å²) in [7, 11) is 0. The largest absolute Gasteiger partial charge is 0.330 e. The number of hydrogen-bond acceptors (Lipinski definition) is 3. The molecule has 0 saturated carbocycles. The zero-order valence-electron chi connectivity index (χ0n) is 17.7. The maximum absolute atomic E-state index is 11.5. The molecule has 0 atom stereocenters. The molecule has 0 aromatic rings. The first-order chi connectivity index (χ1) is 13.3. The second kappa shape index (κ2) is 17.2. The first kappa shape index (κ1) is 24.1. The van der Waals surface area contributed by atoms with Crippen LogP contribution in [0.2, 0.25) is 0 Å². The predicted molar refractivity (Wildman–Crippen MR) is 113 cm³/mol. The number of unbranched alkanes of at least 4 members (excludes halogenated alkanes) is 16. The van der Waals surface area contributed by atoms with Crippen molar-refractivity contribution in [3.8, 4) is 0 Å². The molecule has 2 N–H and O–H groups in total. The molecule has 4 heteroatoms. The van der Waals surface area contributed by atoms with Crippen LogP contribution in [-0.4, -0.2) is 29.8 Å². The zero-order valence-corrected chi connectivity index (χ0v) is 17.7. The highest BCUT2D eigenvalue weighted by molar-refractivity contribution is 6.01. The van der Waals surface area contributed by atoms with Crippen LogP contribution in [0.25, 0.3) is 0 Å². The zero-order chi connectivity index (χ0) is 19.6. The molecular formula is C23H44N2O2. The molecule has 1 saturated heterocycles. The van der Waals surface area contributed by atoms with Gasteiger partial charge in [0.25, 0.3) is 0 Å². The van der Waals surface area contributed by atoms with E-state index in [0.717, 1.165) is 19.4 Å². The Morgan fingerprint density at radius 2 is 0.815 bits per heavy atom. The van der Waals surface area contributed by atoms with Gasteiger partial charge in [0.15, 0.2) is 0 Å². The van der Waals surface area contributed by atoms with Gasteiger partial charge in [-0.15, -0.1) is 0 Å². The number of imide groups is 1. The standard InChI is InChI=1S/C23H44N2O2/c24-20-16-14-12-10-8-6-4-2-1-3-5-7-9-11-13-15-17-21-25-22(26)18-19-23(25)27/h1-21,24H2. The van der Waals surface area contributed by atoms with Crippen molar-refractivity contribution in [2.75, 3.05) is 13.1 Å². The fourth-order valence-electron chi connectivity index (χ4n) is 3.94. The Hall–Kier alpha value is -0.900. The van der Waals surface area contributed by atoms with Gasteiger partial charge in [0, 0.05) is 19.4 Å². The first-order valence-corrected chi connectivity index (χ1v) is 11.8. The van der Waals surface area contributed by atoms with Crippen LogP contribution in [0.4, 0.5) is 0 Å². The summed E-state index contributed by atoms with van der Waals surface area (Å²) in [5, 5.41) is 0. The van der Waals surface area contributed by atoms with Crippen molar-refractivity contribution < 1.29 is 9.59 Å². The molecule has 158 valence electrons. The number of nitrogens with zero attached hydrogens (tertiary/aromatic N) is 1. The lowest BCUT2D eigenvalue weighted by molar-refractivity contribution is -0.138. The van der Waals surface area contributed by atoms with Crippen LogP contribution < -0.4 is 5.73 Å². The molecule has 1 rings (SSSR count). The molecular weight excluding hydrogens is 336 g/mol. The number of rotatable bonds is 19. The SMILES string of the molecule is NCCCCCCCCCCCCCCCCCCCN1C(=O)CCC1=O. The number of nitrogens with two attached hydrogens (primary N) is 1. The monoisotopic (exact) mass is 380 g/mol. The van der Waals surface area contributed by atoms with Crippen LogP contribution >= 0.6 is 0 Å². The fourth-order valence-corrected chi connectivity index (χ4v) is 3.94. The molecule has 2 amide bonds. The van der Waals surface area contributed by atoms with E-state index in [1.54, 1.807) is 0 Å². The number of carbonyl (C=O) groups excluding carboxylic acids is 2. The van der Waals surface area contributed by atoms with Gasteiger partial charge in [-0.05, 0) is 19.4 Å². The molecule has 1 heterocycles. The molecule has 0 aromatic heterocycles. The van der Waals surface area contributed by atoms with Crippen molar-refractivity contribution >= 4 is 11.8 Å². The lowest BCUT2D eigenvalue weighted by atomic mass is 10.0. The molecule has 0 bridgehead atoms. The Labute approximate surface area is 167 Å². The Kier molecular flexibility index (Phi) is 15.4. The molecule has 0 aliphatic carbocycles. The maximum atomic E-state index is 11.5. The maximum Gasteiger partial charge on any atom is 0.229 e. The highest BCUT2D eigenvalue weighted by Crippen LogP contribution is 2.15. The lowest BCUT2D eigenvalue weighted by Gasteiger charge is -2.13. The van der Waals surface area contributed by atoms with Gasteiger partial charge < -0.3 is 5.73 Å². The molecule has 1 fully saturated rings. The number of carbonyl (C=O) groups is 2. The Bertz CT molecular complexity index is 369. The molecule has 27 heavy (non-hydrogen) atoms. The van der Waals surface area contributed by atoms with Gasteiger partial charge in [0.05, 0.1) is 0 Å². The van der Waals surface area contributed by atoms with Gasteiger partial charge in [-0.3, -0.25) is 14.5 Å². The third-order valence-corrected chi connectivity index (χ3v) is 5.74. The summed E-state index contributed by atoms with van der Waals surface area (Å²) in [5.41, 5.74) is 5.50. The van der Waals surface area contributed by atoms with E-state index in [9.17, 15) is 9.59 Å². The van der Waals surface area contributed by atoms with Crippen molar-refractivity contribution in [1.29, 1.82) is 0 Å². The van der Waals surface area contributed by atoms with Crippen molar-refractivity contribution in [2.24, 2.45) is 5.73 Å². The Morgan fingerprint density at radius 3 is 1.15 bits per heavy atom. The third-order valence-electron chi connectivity index (χ3n) is 5.74. The molecule has 0 spiro atoms. The van der Waals surface area contributed by atoms with Gasteiger partial charge in [-0.1, -0.05) is 96.3 Å². The summed E-state index contributed by atoms with van der Waals surface area (Å²) in [6, 6.07) is 0. The molecule has 0 aromatic carbocycles. The number of hydrogen-bond donors (Lipinski definition) is 1. The van der Waals surface area contributed by atoms with Gasteiger partial charge in [-0.25, -0.2) is 0 Å². The Morgan fingerprint density at radius 1 is 0.519 bits per heavy atom. The first-order valence-electron chi connectivity index (χ1n) is 11.8. The quantitative estimate of drug-likeness (QED) is 0.230. The van der Waals surface area contributed by atoms with Crippen LogP contribution in [0.5, 0.6) is 0 Å². The summed E-state index contributed by atoms with van der Waals surface area (Å²) in [6.45, 7) is 1.49. The second-order valence-electron chi connectivity index (χ2n) is 8.24. The topological polar surface area (TPSA) is 63.4 Å². The molecule has 0 unspecified atom stereocenters. The van der Waals surface area contributed by atoms with E-state index in [1.165, 1.54) is 101 Å². The van der Waals surface area contributed by atoms with E-state index >= 15 is 0 Å². The van der Waals surface area contributed by atoms with E-state index < -0.39 is 0 Å². The minimum atomic E-state index is 0.0301. The van der Waals surface area contributed by atoms with Crippen LogP contribution in [0, 0.1) is 0 Å². The van der Waals surface area contributed by atoms with Crippen LogP contribution in [0.1, 0.15) is 122 Å². The van der Waals surface area contributed by atoms with Crippen LogP contribution in [-0.2, 0) is 9.59 Å². The molecule has 0 radical (unpaired) electrons. The van der Waals surface area contributed by atoms with E-state index in [-0.39, 0.29) is 11.8 Å². The summed E-state index contributed by atoms with van der Waals surface area (Å²) in [5.74, 6) is 0.0602. The van der Waals surface area contributed by atoms with Gasteiger partial charge in [-0.2, -0.15) is 0 Å². The Balaban J connectivity index is 1.71. The minimum absolute atomic E-state index is 0.0301. The van der Waals surface area contributed by atoms with Gasteiger partial charge in [0.1, 0.15) is 0 Å². The lowest BCUT2D eigenvalue weighted by Crippen LogP contribution is -2.29. The minimum Gasteiger partial charge on any atom is -0.330 e. The van der Waals surface area contributed by atoms with E-state index in [0.29, 0.717) is 19.4 Å². The summed E-state index contributed by atoms with van der Waals surface area (Å²) < 4.78 is 0. The summed E-state index contributed by atoms with van der Waals surface area (Å²) in [4.78, 5) is 24.5. The average Bonchev–Trinajstić information content (AvgIpc) is 2.99. The van der Waals surface area contributed by atoms with E-state index in [4.69, 9.17) is 5.73 Å².